The highest BCUT2D eigenvalue weighted by Gasteiger charge is 2.50. The summed E-state index contributed by atoms with van der Waals surface area (Å²) in [6.07, 6.45) is 2.50. The van der Waals surface area contributed by atoms with Gasteiger partial charge in [-0.25, -0.2) is 0 Å². The average Bonchev–Trinajstić information content (AvgIpc) is 2.49. The maximum Gasteiger partial charge on any atom is 0.0989 e. The van der Waals surface area contributed by atoms with Crippen molar-refractivity contribution < 1.29 is 5.11 Å². The lowest BCUT2D eigenvalue weighted by atomic mass is 10.0. The van der Waals surface area contributed by atoms with Gasteiger partial charge < -0.3 is 5.11 Å². The predicted octanol–water partition coefficient (Wildman–Crippen LogP) is 1.50. The normalized spacial score (nSPS) is 27.2. The zero-order valence-corrected chi connectivity index (χ0v) is 8.36. The van der Waals surface area contributed by atoms with Gasteiger partial charge in [0, 0.05) is 13.2 Å². The minimum absolute atomic E-state index is 0.309. The van der Waals surface area contributed by atoms with E-state index in [0.29, 0.717) is 11.3 Å². The summed E-state index contributed by atoms with van der Waals surface area (Å²) in [4.78, 5) is 0. The van der Waals surface area contributed by atoms with Crippen LogP contribution in [0.4, 0.5) is 0 Å². The van der Waals surface area contributed by atoms with Crippen LogP contribution in [-0.2, 0) is 7.05 Å². The van der Waals surface area contributed by atoms with Crippen LogP contribution in [0.5, 0.6) is 0 Å². The number of aliphatic hydroxyl groups is 1. The van der Waals surface area contributed by atoms with E-state index >= 15 is 0 Å². The molecule has 1 heterocycles. The molecule has 0 aliphatic heterocycles. The molecule has 2 unspecified atom stereocenters. The van der Waals surface area contributed by atoms with Crippen LogP contribution in [0.2, 0.25) is 0 Å². The molecule has 0 aromatic carbocycles. The zero-order chi connectivity index (χ0) is 9.64. The molecule has 1 aliphatic carbocycles. The molecule has 1 aromatic heterocycles. The van der Waals surface area contributed by atoms with Gasteiger partial charge in [-0.3, -0.25) is 4.68 Å². The molecule has 72 valence electrons. The molecular weight excluding hydrogens is 164 g/mol. The van der Waals surface area contributed by atoms with Crippen LogP contribution in [0.3, 0.4) is 0 Å². The van der Waals surface area contributed by atoms with Gasteiger partial charge in [-0.15, -0.1) is 0 Å². The lowest BCUT2D eigenvalue weighted by Crippen LogP contribution is -2.09. The molecule has 0 saturated heterocycles. The zero-order valence-electron chi connectivity index (χ0n) is 8.36. The first-order chi connectivity index (χ1) is 6.02. The molecule has 1 fully saturated rings. The third kappa shape index (κ3) is 1.37. The van der Waals surface area contributed by atoms with Gasteiger partial charge in [-0.05, 0) is 23.8 Å². The third-order valence-corrected chi connectivity index (χ3v) is 3.13. The van der Waals surface area contributed by atoms with Crippen molar-refractivity contribution >= 4 is 0 Å². The Bertz CT molecular complexity index is 316. The summed E-state index contributed by atoms with van der Waals surface area (Å²) in [5, 5.41) is 14.1. The smallest absolute Gasteiger partial charge is 0.0989 e. The Morgan fingerprint density at radius 3 is 2.69 bits per heavy atom. The summed E-state index contributed by atoms with van der Waals surface area (Å²) in [5.74, 6) is 0.405. The van der Waals surface area contributed by atoms with E-state index < -0.39 is 0 Å². The molecule has 1 N–H and O–H groups in total. The highest BCUT2D eigenvalue weighted by Crippen LogP contribution is 2.57. The molecule has 2 atom stereocenters. The second-order valence-corrected chi connectivity index (χ2v) is 4.62. The molecule has 2 rings (SSSR count). The number of hydrogen-bond acceptors (Lipinski definition) is 2. The van der Waals surface area contributed by atoms with Crippen molar-refractivity contribution in [2.45, 2.75) is 26.4 Å². The molecule has 0 amide bonds. The summed E-state index contributed by atoms with van der Waals surface area (Å²) in [6.45, 7) is 4.38. The van der Waals surface area contributed by atoms with Crippen molar-refractivity contribution in [3.8, 4) is 0 Å². The van der Waals surface area contributed by atoms with E-state index in [9.17, 15) is 5.11 Å². The van der Waals surface area contributed by atoms with Crippen LogP contribution in [0.25, 0.3) is 0 Å². The van der Waals surface area contributed by atoms with Crippen LogP contribution in [0, 0.1) is 11.3 Å². The van der Waals surface area contributed by atoms with Crippen LogP contribution in [0.15, 0.2) is 12.3 Å². The monoisotopic (exact) mass is 180 g/mol. The lowest BCUT2D eigenvalue weighted by Gasteiger charge is -2.12. The first-order valence-corrected chi connectivity index (χ1v) is 4.68. The quantitative estimate of drug-likeness (QED) is 0.749. The maximum absolute atomic E-state index is 10.0. The second kappa shape index (κ2) is 2.58. The summed E-state index contributed by atoms with van der Waals surface area (Å²) in [5.41, 5.74) is 1.24. The van der Waals surface area contributed by atoms with Gasteiger partial charge in [-0.2, -0.15) is 5.10 Å². The fraction of sp³-hybridized carbons (Fsp3) is 0.700. The Labute approximate surface area is 78.4 Å². The fourth-order valence-corrected chi connectivity index (χ4v) is 1.93. The van der Waals surface area contributed by atoms with Crippen molar-refractivity contribution in [3.63, 3.8) is 0 Å². The average molecular weight is 180 g/mol. The van der Waals surface area contributed by atoms with Crippen molar-refractivity contribution in [2.24, 2.45) is 18.4 Å². The van der Waals surface area contributed by atoms with Crippen molar-refractivity contribution in [2.75, 3.05) is 0 Å². The van der Waals surface area contributed by atoms with E-state index in [-0.39, 0.29) is 6.10 Å². The van der Waals surface area contributed by atoms with Gasteiger partial charge in [0.05, 0.1) is 11.8 Å². The lowest BCUT2D eigenvalue weighted by molar-refractivity contribution is 0.129. The van der Waals surface area contributed by atoms with Crippen molar-refractivity contribution in [1.29, 1.82) is 0 Å². The molecule has 0 bridgehead atoms. The first kappa shape index (κ1) is 8.75. The van der Waals surface area contributed by atoms with Crippen LogP contribution >= 0.6 is 0 Å². The topological polar surface area (TPSA) is 38.0 Å². The number of nitrogens with zero attached hydrogens (tertiary/aromatic N) is 2. The molecule has 13 heavy (non-hydrogen) atoms. The van der Waals surface area contributed by atoms with Gasteiger partial charge in [0.2, 0.25) is 0 Å². The molecule has 0 radical (unpaired) electrons. The summed E-state index contributed by atoms with van der Waals surface area (Å²) in [7, 11) is 1.87. The van der Waals surface area contributed by atoms with Crippen LogP contribution in [-0.4, -0.2) is 14.9 Å². The number of rotatable bonds is 2. The first-order valence-electron chi connectivity index (χ1n) is 4.68. The molecule has 3 nitrogen and oxygen atoms in total. The Balaban J connectivity index is 2.15. The van der Waals surface area contributed by atoms with Crippen LogP contribution < -0.4 is 0 Å². The number of aryl methyl sites for hydroxylation is 1. The second-order valence-electron chi connectivity index (χ2n) is 4.62. The molecule has 1 saturated carbocycles. The van der Waals surface area contributed by atoms with Gasteiger partial charge in [0.25, 0.3) is 0 Å². The summed E-state index contributed by atoms with van der Waals surface area (Å²) in [6, 6.07) is 1.89. The fourth-order valence-electron chi connectivity index (χ4n) is 1.93. The molecule has 0 spiro atoms. The van der Waals surface area contributed by atoms with Crippen LogP contribution in [0.1, 0.15) is 32.1 Å². The Kier molecular flexibility index (Phi) is 1.74. The van der Waals surface area contributed by atoms with Crippen molar-refractivity contribution in [1.82, 2.24) is 9.78 Å². The largest absolute Gasteiger partial charge is 0.387 e. The molecule has 1 aromatic rings. The predicted molar refractivity (Wildman–Crippen MR) is 50.1 cm³/mol. The molecule has 3 heteroatoms. The number of aromatic nitrogens is 2. The van der Waals surface area contributed by atoms with E-state index in [0.717, 1.165) is 12.1 Å². The van der Waals surface area contributed by atoms with E-state index in [2.05, 4.69) is 18.9 Å². The van der Waals surface area contributed by atoms with Gasteiger partial charge >= 0.3 is 0 Å². The molecule has 1 aliphatic rings. The standard InChI is InChI=1S/C10H16N2O/c1-10(2)6-7(10)9(13)8-4-5-11-12(8)3/h4-5,7,9,13H,6H2,1-3H3. The Hall–Kier alpha value is -0.830. The third-order valence-electron chi connectivity index (χ3n) is 3.13. The number of aliphatic hydroxyl groups excluding tert-OH is 1. The number of hydrogen-bond donors (Lipinski definition) is 1. The maximum atomic E-state index is 10.0. The molecular formula is C10H16N2O. The highest BCUT2D eigenvalue weighted by atomic mass is 16.3. The highest BCUT2D eigenvalue weighted by molar-refractivity contribution is 5.12. The van der Waals surface area contributed by atoms with E-state index in [1.165, 1.54) is 0 Å². The summed E-state index contributed by atoms with van der Waals surface area (Å²) >= 11 is 0. The van der Waals surface area contributed by atoms with E-state index in [1.807, 2.05) is 13.1 Å². The van der Waals surface area contributed by atoms with Gasteiger partial charge in [0.15, 0.2) is 0 Å². The minimum Gasteiger partial charge on any atom is -0.387 e. The van der Waals surface area contributed by atoms with E-state index in [4.69, 9.17) is 0 Å². The Morgan fingerprint density at radius 1 is 1.69 bits per heavy atom. The minimum atomic E-state index is -0.345. The Morgan fingerprint density at radius 2 is 2.31 bits per heavy atom. The van der Waals surface area contributed by atoms with Gasteiger partial charge in [-0.1, -0.05) is 13.8 Å². The van der Waals surface area contributed by atoms with Gasteiger partial charge in [0.1, 0.15) is 0 Å². The van der Waals surface area contributed by atoms with E-state index in [1.54, 1.807) is 10.9 Å². The van der Waals surface area contributed by atoms with Crippen molar-refractivity contribution in [3.05, 3.63) is 18.0 Å². The summed E-state index contributed by atoms with van der Waals surface area (Å²) < 4.78 is 1.75. The SMILES string of the molecule is Cn1nccc1C(O)C1CC1(C)C.